The van der Waals surface area contributed by atoms with E-state index in [2.05, 4.69) is 0 Å². The average molecular weight is 198 g/mol. The zero-order chi connectivity index (χ0) is 10.6. The Morgan fingerprint density at radius 2 is 2.21 bits per heavy atom. The molecule has 3 heteroatoms. The zero-order valence-corrected chi connectivity index (χ0v) is 8.93. The number of aliphatic hydroxyl groups is 1. The van der Waals surface area contributed by atoms with Gasteiger partial charge in [-0.25, -0.2) is 0 Å². The summed E-state index contributed by atoms with van der Waals surface area (Å²) in [4.78, 5) is 0. The number of ether oxygens (including phenoxy) is 1. The fourth-order valence-corrected chi connectivity index (χ4v) is 1.46. The van der Waals surface area contributed by atoms with E-state index < -0.39 is 6.10 Å². The maximum absolute atomic E-state index is 9.95. The molecule has 0 saturated heterocycles. The number of hydrogen-bond donors (Lipinski definition) is 1. The summed E-state index contributed by atoms with van der Waals surface area (Å²) in [6, 6.07) is 3.53. The number of rotatable bonds is 5. The molecule has 1 heterocycles. The van der Waals surface area contributed by atoms with E-state index in [1.165, 1.54) is 0 Å². The molecular formula is C11H18O3. The summed E-state index contributed by atoms with van der Waals surface area (Å²) in [5.41, 5.74) is 0. The van der Waals surface area contributed by atoms with Crippen molar-refractivity contribution in [1.82, 2.24) is 0 Å². The topological polar surface area (TPSA) is 42.6 Å². The van der Waals surface area contributed by atoms with Crippen molar-refractivity contribution in [2.24, 2.45) is 5.92 Å². The van der Waals surface area contributed by atoms with Crippen molar-refractivity contribution in [1.29, 1.82) is 0 Å². The molecule has 1 N–H and O–H groups in total. The molecule has 0 fully saturated rings. The van der Waals surface area contributed by atoms with Gasteiger partial charge in [0.25, 0.3) is 0 Å². The Labute approximate surface area is 84.7 Å². The highest BCUT2D eigenvalue weighted by Crippen LogP contribution is 2.24. The summed E-state index contributed by atoms with van der Waals surface area (Å²) < 4.78 is 10.6. The van der Waals surface area contributed by atoms with Crippen LogP contribution in [0, 0.1) is 5.92 Å². The lowest BCUT2D eigenvalue weighted by Gasteiger charge is -2.24. The molecule has 2 unspecified atom stereocenters. The highest BCUT2D eigenvalue weighted by molar-refractivity contribution is 5.04. The summed E-state index contributed by atoms with van der Waals surface area (Å²) in [5, 5.41) is 9.95. The van der Waals surface area contributed by atoms with Crippen LogP contribution >= 0.6 is 0 Å². The predicted molar refractivity (Wildman–Crippen MR) is 53.9 cm³/mol. The van der Waals surface area contributed by atoms with Gasteiger partial charge in [-0.3, -0.25) is 0 Å². The van der Waals surface area contributed by atoms with E-state index in [0.717, 1.165) is 0 Å². The second kappa shape index (κ2) is 5.17. The van der Waals surface area contributed by atoms with E-state index in [0.29, 0.717) is 12.4 Å². The minimum atomic E-state index is -0.676. The van der Waals surface area contributed by atoms with Gasteiger partial charge >= 0.3 is 0 Å². The molecule has 1 aromatic rings. The molecule has 80 valence electrons. The fourth-order valence-electron chi connectivity index (χ4n) is 1.46. The third kappa shape index (κ3) is 2.59. The summed E-state index contributed by atoms with van der Waals surface area (Å²) in [6.07, 6.45) is 0.679. The van der Waals surface area contributed by atoms with Gasteiger partial charge in [-0.2, -0.15) is 0 Å². The quantitative estimate of drug-likeness (QED) is 0.789. The lowest BCUT2D eigenvalue weighted by Crippen LogP contribution is -2.27. The molecule has 0 aromatic carbocycles. The van der Waals surface area contributed by atoms with Gasteiger partial charge in [0.1, 0.15) is 11.9 Å². The SMILES string of the molecule is CCOC(C(C)C)C(O)c1ccco1. The minimum absolute atomic E-state index is 0.203. The summed E-state index contributed by atoms with van der Waals surface area (Å²) in [5.74, 6) is 0.826. The van der Waals surface area contributed by atoms with Crippen LogP contribution in [-0.2, 0) is 4.74 Å². The van der Waals surface area contributed by atoms with Crippen LogP contribution in [0.5, 0.6) is 0 Å². The Bertz CT molecular complexity index is 241. The van der Waals surface area contributed by atoms with Gasteiger partial charge in [0.05, 0.1) is 12.4 Å². The monoisotopic (exact) mass is 198 g/mol. The molecular weight excluding hydrogens is 180 g/mol. The molecule has 1 rings (SSSR count). The van der Waals surface area contributed by atoms with Gasteiger partial charge in [-0.15, -0.1) is 0 Å². The molecule has 0 saturated carbocycles. The van der Waals surface area contributed by atoms with E-state index in [9.17, 15) is 5.11 Å². The van der Waals surface area contributed by atoms with Gasteiger partial charge in [-0.1, -0.05) is 13.8 Å². The number of aliphatic hydroxyl groups excluding tert-OH is 1. The maximum atomic E-state index is 9.95. The van der Waals surface area contributed by atoms with E-state index in [4.69, 9.17) is 9.15 Å². The van der Waals surface area contributed by atoms with Crippen molar-refractivity contribution in [3.05, 3.63) is 24.2 Å². The Balaban J connectivity index is 2.68. The van der Waals surface area contributed by atoms with Crippen LogP contribution < -0.4 is 0 Å². The van der Waals surface area contributed by atoms with Crippen LogP contribution in [0.4, 0.5) is 0 Å². The van der Waals surface area contributed by atoms with Crippen molar-refractivity contribution in [2.75, 3.05) is 6.61 Å². The van der Waals surface area contributed by atoms with Crippen LogP contribution in [0.3, 0.4) is 0 Å². The highest BCUT2D eigenvalue weighted by atomic mass is 16.5. The maximum Gasteiger partial charge on any atom is 0.138 e. The first kappa shape index (κ1) is 11.3. The van der Waals surface area contributed by atoms with Crippen molar-refractivity contribution in [3.63, 3.8) is 0 Å². The molecule has 1 aromatic heterocycles. The molecule has 2 atom stereocenters. The van der Waals surface area contributed by atoms with Crippen LogP contribution in [0.25, 0.3) is 0 Å². The first-order chi connectivity index (χ1) is 6.66. The van der Waals surface area contributed by atoms with Gasteiger partial charge in [0.2, 0.25) is 0 Å². The Morgan fingerprint density at radius 3 is 2.64 bits per heavy atom. The molecule has 0 bridgehead atoms. The lowest BCUT2D eigenvalue weighted by atomic mass is 10.00. The first-order valence-corrected chi connectivity index (χ1v) is 4.99. The third-order valence-electron chi connectivity index (χ3n) is 2.16. The average Bonchev–Trinajstić information content (AvgIpc) is 2.65. The molecule has 0 spiro atoms. The lowest BCUT2D eigenvalue weighted by molar-refractivity contribution is -0.0661. The van der Waals surface area contributed by atoms with E-state index in [-0.39, 0.29) is 12.0 Å². The van der Waals surface area contributed by atoms with Crippen LogP contribution in [0.2, 0.25) is 0 Å². The largest absolute Gasteiger partial charge is 0.466 e. The van der Waals surface area contributed by atoms with Gasteiger partial charge in [-0.05, 0) is 25.0 Å². The normalized spacial score (nSPS) is 15.8. The summed E-state index contributed by atoms with van der Waals surface area (Å²) in [7, 11) is 0. The van der Waals surface area contributed by atoms with Gasteiger partial charge in [0, 0.05) is 6.61 Å². The minimum Gasteiger partial charge on any atom is -0.466 e. The van der Waals surface area contributed by atoms with Crippen molar-refractivity contribution >= 4 is 0 Å². The third-order valence-corrected chi connectivity index (χ3v) is 2.16. The van der Waals surface area contributed by atoms with Gasteiger partial charge < -0.3 is 14.3 Å². The Hall–Kier alpha value is -0.800. The van der Waals surface area contributed by atoms with E-state index in [1.807, 2.05) is 20.8 Å². The van der Waals surface area contributed by atoms with Gasteiger partial charge in [0.15, 0.2) is 0 Å². The van der Waals surface area contributed by atoms with Crippen LogP contribution in [0.15, 0.2) is 22.8 Å². The molecule has 3 nitrogen and oxygen atoms in total. The van der Waals surface area contributed by atoms with Crippen molar-refractivity contribution in [2.45, 2.75) is 33.0 Å². The summed E-state index contributed by atoms with van der Waals surface area (Å²) >= 11 is 0. The first-order valence-electron chi connectivity index (χ1n) is 4.99. The summed E-state index contributed by atoms with van der Waals surface area (Å²) in [6.45, 7) is 6.56. The van der Waals surface area contributed by atoms with Crippen LogP contribution in [0.1, 0.15) is 32.6 Å². The Morgan fingerprint density at radius 1 is 1.50 bits per heavy atom. The number of furan rings is 1. The smallest absolute Gasteiger partial charge is 0.138 e. The van der Waals surface area contributed by atoms with E-state index in [1.54, 1.807) is 18.4 Å². The van der Waals surface area contributed by atoms with Crippen LogP contribution in [-0.4, -0.2) is 17.8 Å². The fraction of sp³-hybridized carbons (Fsp3) is 0.636. The standard InChI is InChI=1S/C11H18O3/c1-4-13-11(8(2)3)10(12)9-6-5-7-14-9/h5-8,10-12H,4H2,1-3H3. The second-order valence-electron chi connectivity index (χ2n) is 3.62. The zero-order valence-electron chi connectivity index (χ0n) is 8.93. The molecule has 0 amide bonds. The molecule has 0 radical (unpaired) electrons. The molecule has 0 aliphatic heterocycles. The van der Waals surface area contributed by atoms with Crippen molar-refractivity contribution < 1.29 is 14.3 Å². The molecule has 14 heavy (non-hydrogen) atoms. The number of hydrogen-bond acceptors (Lipinski definition) is 3. The van der Waals surface area contributed by atoms with E-state index >= 15 is 0 Å². The predicted octanol–water partition coefficient (Wildman–Crippen LogP) is 2.37. The van der Waals surface area contributed by atoms with Crippen molar-refractivity contribution in [3.8, 4) is 0 Å². The Kier molecular flexibility index (Phi) is 4.17. The molecule has 0 aliphatic carbocycles. The molecule has 0 aliphatic rings. The highest BCUT2D eigenvalue weighted by Gasteiger charge is 2.26. The second-order valence-corrected chi connectivity index (χ2v) is 3.62.